The van der Waals surface area contributed by atoms with E-state index in [1.165, 1.54) is 7.11 Å². The van der Waals surface area contributed by atoms with Crippen molar-refractivity contribution in [2.24, 2.45) is 0 Å². The van der Waals surface area contributed by atoms with Gasteiger partial charge in [0.15, 0.2) is 0 Å². The van der Waals surface area contributed by atoms with Crippen LogP contribution in [0.15, 0.2) is 6.07 Å². The topological polar surface area (TPSA) is 69.4 Å². The number of aryl methyl sites for hydroxylation is 2. The summed E-state index contributed by atoms with van der Waals surface area (Å²) >= 11 is 0. The molecule has 0 aliphatic carbocycles. The largest absolute Gasteiger partial charge is 0.469 e. The molecule has 0 saturated carbocycles. The van der Waals surface area contributed by atoms with Gasteiger partial charge in [0.05, 0.1) is 7.11 Å². The second-order valence-corrected chi connectivity index (χ2v) is 3.54. The van der Waals surface area contributed by atoms with E-state index in [9.17, 15) is 4.79 Å². The van der Waals surface area contributed by atoms with Crippen molar-refractivity contribution in [3.8, 4) is 0 Å². The van der Waals surface area contributed by atoms with Crippen molar-refractivity contribution >= 4 is 11.7 Å². The summed E-state index contributed by atoms with van der Waals surface area (Å²) in [6.45, 7) is 3.81. The van der Waals surface area contributed by atoms with Crippen molar-refractivity contribution in [3.63, 3.8) is 0 Å². The molecule has 0 unspecified atom stereocenters. The van der Waals surface area contributed by atoms with Crippen LogP contribution < -0.4 is 0 Å². The van der Waals surface area contributed by atoms with Crippen LogP contribution in [0.4, 0.5) is 0 Å². The number of ether oxygens (including phenoxy) is 1. The lowest BCUT2D eigenvalue weighted by Gasteiger charge is -2.03. The normalized spacial score (nSPS) is 10.7. The molecule has 0 aliphatic heterocycles. The summed E-state index contributed by atoms with van der Waals surface area (Å²) in [6.07, 6.45) is 0.100. The van der Waals surface area contributed by atoms with Crippen molar-refractivity contribution in [2.75, 3.05) is 7.11 Å². The molecule has 16 heavy (non-hydrogen) atoms. The number of rotatable bonds is 2. The summed E-state index contributed by atoms with van der Waals surface area (Å²) in [4.78, 5) is 15.4. The molecule has 6 heteroatoms. The minimum absolute atomic E-state index is 0.100. The molecular weight excluding hydrogens is 208 g/mol. The molecular formula is C10H12N4O2. The van der Waals surface area contributed by atoms with Crippen molar-refractivity contribution in [3.05, 3.63) is 23.3 Å². The molecule has 0 radical (unpaired) electrons. The Bertz CT molecular complexity index is 547. The third-order valence-corrected chi connectivity index (χ3v) is 2.29. The summed E-state index contributed by atoms with van der Waals surface area (Å²) in [6, 6.07) is 1.91. The summed E-state index contributed by atoms with van der Waals surface area (Å²) in [5.74, 6) is 0.720. The first-order chi connectivity index (χ1) is 7.61. The molecule has 2 heterocycles. The second kappa shape index (κ2) is 3.88. The maximum Gasteiger partial charge on any atom is 0.313 e. The number of carbonyl (C=O) groups is 1. The van der Waals surface area contributed by atoms with Gasteiger partial charge in [-0.25, -0.2) is 4.98 Å². The van der Waals surface area contributed by atoms with Crippen LogP contribution in [0.3, 0.4) is 0 Å². The molecule has 0 amide bonds. The first-order valence-electron chi connectivity index (χ1n) is 4.87. The van der Waals surface area contributed by atoms with Gasteiger partial charge >= 0.3 is 5.97 Å². The molecule has 0 N–H and O–H groups in total. The highest BCUT2D eigenvalue weighted by Crippen LogP contribution is 2.08. The number of nitrogens with zero attached hydrogens (tertiary/aromatic N) is 4. The highest BCUT2D eigenvalue weighted by molar-refractivity contribution is 5.71. The Morgan fingerprint density at radius 3 is 2.88 bits per heavy atom. The van der Waals surface area contributed by atoms with Crippen molar-refractivity contribution in [1.82, 2.24) is 19.6 Å². The van der Waals surface area contributed by atoms with Crippen LogP contribution in [-0.4, -0.2) is 32.7 Å². The number of hydrogen-bond acceptors (Lipinski definition) is 5. The standard InChI is InChI=1S/C10H12N4O2/c1-6-4-7(2)14-8(5-9(15)16-3)12-13-10(14)11-6/h4H,5H2,1-3H3. The average molecular weight is 220 g/mol. The predicted octanol–water partition coefficient (Wildman–Crippen LogP) is 0.457. The van der Waals surface area contributed by atoms with E-state index in [4.69, 9.17) is 0 Å². The maximum absolute atomic E-state index is 11.2. The minimum atomic E-state index is -0.339. The fourth-order valence-electron chi connectivity index (χ4n) is 1.61. The lowest BCUT2D eigenvalue weighted by Crippen LogP contribution is -2.09. The molecule has 0 aliphatic rings. The van der Waals surface area contributed by atoms with Crippen LogP contribution in [0.1, 0.15) is 17.2 Å². The number of carbonyl (C=O) groups excluding carboxylic acids is 1. The molecule has 0 aromatic carbocycles. The SMILES string of the molecule is COC(=O)Cc1nnc2nc(C)cc(C)n12. The van der Waals surface area contributed by atoms with Crippen LogP contribution in [0, 0.1) is 13.8 Å². The minimum Gasteiger partial charge on any atom is -0.469 e. The van der Waals surface area contributed by atoms with Crippen molar-refractivity contribution < 1.29 is 9.53 Å². The molecule has 2 aromatic heterocycles. The Morgan fingerprint density at radius 2 is 2.19 bits per heavy atom. The van der Waals surface area contributed by atoms with E-state index < -0.39 is 0 Å². The smallest absolute Gasteiger partial charge is 0.313 e. The van der Waals surface area contributed by atoms with E-state index >= 15 is 0 Å². The number of methoxy groups -OCH3 is 1. The van der Waals surface area contributed by atoms with E-state index in [1.807, 2.05) is 19.9 Å². The van der Waals surface area contributed by atoms with Gasteiger partial charge in [-0.05, 0) is 19.9 Å². The van der Waals surface area contributed by atoms with Crippen LogP contribution in [0.25, 0.3) is 5.78 Å². The zero-order valence-electron chi connectivity index (χ0n) is 9.39. The first-order valence-corrected chi connectivity index (χ1v) is 4.87. The molecule has 0 bridgehead atoms. The molecule has 2 rings (SSSR count). The third kappa shape index (κ3) is 1.73. The summed E-state index contributed by atoms with van der Waals surface area (Å²) in [5.41, 5.74) is 1.83. The lowest BCUT2D eigenvalue weighted by molar-refractivity contribution is -0.139. The Labute approximate surface area is 92.3 Å². The predicted molar refractivity (Wildman–Crippen MR) is 56.0 cm³/mol. The summed E-state index contributed by atoms with van der Waals surface area (Å²) in [7, 11) is 1.35. The van der Waals surface area contributed by atoms with Gasteiger partial charge in [0.25, 0.3) is 5.78 Å². The van der Waals surface area contributed by atoms with Gasteiger partial charge in [-0.3, -0.25) is 9.20 Å². The molecule has 0 fully saturated rings. The van der Waals surface area contributed by atoms with Crippen LogP contribution >= 0.6 is 0 Å². The van der Waals surface area contributed by atoms with E-state index in [1.54, 1.807) is 4.40 Å². The van der Waals surface area contributed by atoms with Crippen LogP contribution in [0.2, 0.25) is 0 Å². The second-order valence-electron chi connectivity index (χ2n) is 3.54. The van der Waals surface area contributed by atoms with Gasteiger partial charge in [-0.15, -0.1) is 10.2 Å². The number of esters is 1. The van der Waals surface area contributed by atoms with E-state index in [-0.39, 0.29) is 12.4 Å². The van der Waals surface area contributed by atoms with E-state index in [0.717, 1.165) is 11.4 Å². The van der Waals surface area contributed by atoms with Gasteiger partial charge in [-0.1, -0.05) is 0 Å². The molecule has 6 nitrogen and oxygen atoms in total. The van der Waals surface area contributed by atoms with E-state index in [0.29, 0.717) is 11.6 Å². The summed E-state index contributed by atoms with van der Waals surface area (Å²) in [5, 5.41) is 7.86. The van der Waals surface area contributed by atoms with E-state index in [2.05, 4.69) is 19.9 Å². The number of fused-ring (bicyclic) bond motifs is 1. The molecule has 0 saturated heterocycles. The Balaban J connectivity index is 2.52. The Hall–Kier alpha value is -1.98. The van der Waals surface area contributed by atoms with Gasteiger partial charge < -0.3 is 4.74 Å². The zero-order chi connectivity index (χ0) is 11.7. The average Bonchev–Trinajstić information content (AvgIpc) is 2.61. The van der Waals surface area contributed by atoms with Crippen molar-refractivity contribution in [1.29, 1.82) is 0 Å². The van der Waals surface area contributed by atoms with Gasteiger partial charge in [0.2, 0.25) is 0 Å². The van der Waals surface area contributed by atoms with Crippen LogP contribution in [-0.2, 0) is 16.0 Å². The van der Waals surface area contributed by atoms with Crippen LogP contribution in [0.5, 0.6) is 0 Å². The van der Waals surface area contributed by atoms with Gasteiger partial charge in [-0.2, -0.15) is 0 Å². The molecule has 0 atom stereocenters. The fourth-order valence-corrected chi connectivity index (χ4v) is 1.61. The quantitative estimate of drug-likeness (QED) is 0.687. The highest BCUT2D eigenvalue weighted by Gasteiger charge is 2.13. The summed E-state index contributed by atoms with van der Waals surface area (Å²) < 4.78 is 6.35. The fraction of sp³-hybridized carbons (Fsp3) is 0.400. The van der Waals surface area contributed by atoms with Gasteiger partial charge in [0, 0.05) is 11.4 Å². The first kappa shape index (κ1) is 10.5. The molecule has 84 valence electrons. The van der Waals surface area contributed by atoms with Gasteiger partial charge in [0.1, 0.15) is 12.2 Å². The number of hydrogen-bond donors (Lipinski definition) is 0. The zero-order valence-corrected chi connectivity index (χ0v) is 9.39. The third-order valence-electron chi connectivity index (χ3n) is 2.29. The highest BCUT2D eigenvalue weighted by atomic mass is 16.5. The van der Waals surface area contributed by atoms with Crippen molar-refractivity contribution in [2.45, 2.75) is 20.3 Å². The Kier molecular flexibility index (Phi) is 2.55. The molecule has 2 aromatic rings. The number of aromatic nitrogens is 4. The lowest BCUT2D eigenvalue weighted by atomic mass is 10.3. The molecule has 0 spiro atoms. The Morgan fingerprint density at radius 1 is 1.44 bits per heavy atom. The maximum atomic E-state index is 11.2. The monoisotopic (exact) mass is 220 g/mol.